The molecule has 0 aliphatic carbocycles. The van der Waals surface area contributed by atoms with Gasteiger partial charge in [0.1, 0.15) is 11.5 Å². The average Bonchev–Trinajstić information content (AvgIpc) is 2.76. The first-order chi connectivity index (χ1) is 10.5. The molecule has 4 atom stereocenters. The molecule has 1 unspecified atom stereocenters. The molecule has 22 heavy (non-hydrogen) atoms. The van der Waals surface area contributed by atoms with Gasteiger partial charge in [0.05, 0.1) is 6.61 Å². The summed E-state index contributed by atoms with van der Waals surface area (Å²) in [6, 6.07) is 10.5. The van der Waals surface area contributed by atoms with E-state index in [4.69, 9.17) is 4.74 Å². The van der Waals surface area contributed by atoms with Crippen LogP contribution in [0, 0.1) is 0 Å². The lowest BCUT2D eigenvalue weighted by atomic mass is 9.83. The van der Waals surface area contributed by atoms with Crippen LogP contribution in [0.1, 0.15) is 38.2 Å². The Morgan fingerprint density at radius 3 is 2.41 bits per heavy atom. The number of ether oxygens (including phenoxy) is 1. The molecule has 2 aliphatic rings. The normalized spacial score (nSPS) is 30.8. The van der Waals surface area contributed by atoms with Crippen molar-refractivity contribution < 1.29 is 14.6 Å². The number of esters is 1. The highest BCUT2D eigenvalue weighted by Crippen LogP contribution is 2.36. The second-order valence-electron chi connectivity index (χ2n) is 6.91. The summed E-state index contributed by atoms with van der Waals surface area (Å²) in [5, 5.41) is 9.79. The lowest BCUT2D eigenvalue weighted by Gasteiger charge is -2.37. The van der Waals surface area contributed by atoms with Crippen LogP contribution in [0.25, 0.3) is 0 Å². The van der Waals surface area contributed by atoms with E-state index in [1.54, 1.807) is 6.92 Å². The molecule has 2 aliphatic heterocycles. The van der Waals surface area contributed by atoms with Crippen molar-refractivity contribution in [2.75, 3.05) is 13.7 Å². The van der Waals surface area contributed by atoms with Crippen LogP contribution in [0.4, 0.5) is 0 Å². The van der Waals surface area contributed by atoms with Crippen LogP contribution in [0.5, 0.6) is 0 Å². The molecule has 4 heteroatoms. The van der Waals surface area contributed by atoms with Crippen molar-refractivity contribution in [2.24, 2.45) is 0 Å². The minimum atomic E-state index is -0.982. The third kappa shape index (κ3) is 2.66. The van der Waals surface area contributed by atoms with Gasteiger partial charge in [-0.3, -0.25) is 4.79 Å². The highest BCUT2D eigenvalue weighted by atomic mass is 16.5. The molecule has 1 aromatic rings. The highest BCUT2D eigenvalue weighted by Gasteiger charge is 2.43. The lowest BCUT2D eigenvalue weighted by Crippen LogP contribution is -2.46. The first kappa shape index (κ1) is 15.5. The average molecular weight is 303 g/mol. The lowest BCUT2D eigenvalue weighted by molar-refractivity contribution is -0.160. The van der Waals surface area contributed by atoms with Crippen molar-refractivity contribution in [2.45, 2.75) is 56.2 Å². The predicted molar refractivity (Wildman–Crippen MR) is 84.6 cm³/mol. The topological polar surface area (TPSA) is 49.8 Å². The van der Waals surface area contributed by atoms with Gasteiger partial charge in [-0.05, 0) is 45.2 Å². The molecule has 2 heterocycles. The SMILES string of the molecule is CN1[C@@H]2CC[C@H]1C[C@@H](OC(=O)C(C)(CO)c1ccccc1)C2. The minimum Gasteiger partial charge on any atom is -0.462 e. The molecule has 2 fully saturated rings. The van der Waals surface area contributed by atoms with Gasteiger partial charge in [0.15, 0.2) is 0 Å². The summed E-state index contributed by atoms with van der Waals surface area (Å²) < 4.78 is 5.81. The number of hydrogen-bond acceptors (Lipinski definition) is 4. The molecular formula is C18H25NO3. The summed E-state index contributed by atoms with van der Waals surface area (Å²) in [6.07, 6.45) is 4.20. The number of carbonyl (C=O) groups is 1. The van der Waals surface area contributed by atoms with E-state index in [1.165, 1.54) is 12.8 Å². The van der Waals surface area contributed by atoms with Gasteiger partial charge in [0.25, 0.3) is 0 Å². The van der Waals surface area contributed by atoms with Crippen LogP contribution in [0.15, 0.2) is 30.3 Å². The number of rotatable bonds is 4. The van der Waals surface area contributed by atoms with Gasteiger partial charge in [-0.25, -0.2) is 0 Å². The first-order valence-corrected chi connectivity index (χ1v) is 8.14. The number of carbonyl (C=O) groups excluding carboxylic acids is 1. The van der Waals surface area contributed by atoms with Crippen molar-refractivity contribution in [3.8, 4) is 0 Å². The summed E-state index contributed by atoms with van der Waals surface area (Å²) in [7, 11) is 2.17. The number of piperidine rings is 1. The van der Waals surface area contributed by atoms with Crippen LogP contribution in [-0.2, 0) is 14.9 Å². The second kappa shape index (κ2) is 6.01. The van der Waals surface area contributed by atoms with Crippen molar-refractivity contribution in [3.05, 3.63) is 35.9 Å². The quantitative estimate of drug-likeness (QED) is 0.866. The van der Waals surface area contributed by atoms with Gasteiger partial charge in [-0.2, -0.15) is 0 Å². The Labute approximate surface area is 132 Å². The maximum absolute atomic E-state index is 12.7. The van der Waals surface area contributed by atoms with Crippen LogP contribution >= 0.6 is 0 Å². The summed E-state index contributed by atoms with van der Waals surface area (Å²) in [6.45, 7) is 1.52. The fraction of sp³-hybridized carbons (Fsp3) is 0.611. The fourth-order valence-electron chi connectivity index (χ4n) is 3.82. The Bertz CT molecular complexity index is 518. The Morgan fingerprint density at radius 2 is 1.86 bits per heavy atom. The van der Waals surface area contributed by atoms with E-state index in [-0.39, 0.29) is 18.7 Å². The smallest absolute Gasteiger partial charge is 0.318 e. The van der Waals surface area contributed by atoms with E-state index in [0.29, 0.717) is 12.1 Å². The Morgan fingerprint density at radius 1 is 1.27 bits per heavy atom. The minimum absolute atomic E-state index is 0.0178. The van der Waals surface area contributed by atoms with Crippen LogP contribution in [-0.4, -0.2) is 47.8 Å². The molecule has 2 bridgehead atoms. The van der Waals surface area contributed by atoms with E-state index in [1.807, 2.05) is 30.3 Å². The van der Waals surface area contributed by atoms with Crippen LogP contribution in [0.3, 0.4) is 0 Å². The fourth-order valence-corrected chi connectivity index (χ4v) is 3.82. The molecule has 0 radical (unpaired) electrons. The Balaban J connectivity index is 1.71. The molecule has 1 aromatic carbocycles. The summed E-state index contributed by atoms with van der Waals surface area (Å²) in [4.78, 5) is 15.1. The number of aliphatic hydroxyl groups is 1. The molecule has 2 saturated heterocycles. The molecular weight excluding hydrogens is 278 g/mol. The third-order valence-corrected chi connectivity index (χ3v) is 5.51. The van der Waals surface area contributed by atoms with Gasteiger partial charge in [-0.15, -0.1) is 0 Å². The summed E-state index contributed by atoms with van der Waals surface area (Å²) in [5.74, 6) is -0.310. The zero-order chi connectivity index (χ0) is 15.7. The molecule has 3 rings (SSSR count). The largest absolute Gasteiger partial charge is 0.462 e. The first-order valence-electron chi connectivity index (χ1n) is 8.14. The number of nitrogens with zero attached hydrogens (tertiary/aromatic N) is 1. The maximum atomic E-state index is 12.7. The standard InChI is InChI=1S/C18H25NO3/c1-18(12-20,13-6-4-3-5-7-13)17(21)22-16-10-14-8-9-15(11-16)19(14)2/h3-7,14-16,20H,8-12H2,1-2H3/t14-,15+,16+,18?. The van der Waals surface area contributed by atoms with Crippen LogP contribution < -0.4 is 0 Å². The number of fused-ring (bicyclic) bond motifs is 2. The zero-order valence-corrected chi connectivity index (χ0v) is 13.4. The predicted octanol–water partition coefficient (Wildman–Crippen LogP) is 2.10. The van der Waals surface area contributed by atoms with Crippen molar-refractivity contribution in [1.29, 1.82) is 0 Å². The zero-order valence-electron chi connectivity index (χ0n) is 13.4. The molecule has 1 N–H and O–H groups in total. The van der Waals surface area contributed by atoms with Crippen molar-refractivity contribution in [3.63, 3.8) is 0 Å². The molecule has 0 amide bonds. The van der Waals surface area contributed by atoms with Gasteiger partial charge in [0, 0.05) is 12.1 Å². The monoisotopic (exact) mass is 303 g/mol. The van der Waals surface area contributed by atoms with Gasteiger partial charge in [0.2, 0.25) is 0 Å². The van der Waals surface area contributed by atoms with Gasteiger partial charge >= 0.3 is 5.97 Å². The van der Waals surface area contributed by atoms with Gasteiger partial charge < -0.3 is 14.7 Å². The van der Waals surface area contributed by atoms with Crippen molar-refractivity contribution in [1.82, 2.24) is 4.90 Å². The summed E-state index contributed by atoms with van der Waals surface area (Å²) >= 11 is 0. The van der Waals surface area contributed by atoms with Gasteiger partial charge in [-0.1, -0.05) is 30.3 Å². The molecule has 0 saturated carbocycles. The highest BCUT2D eigenvalue weighted by molar-refractivity contribution is 5.83. The van der Waals surface area contributed by atoms with Crippen molar-refractivity contribution >= 4 is 5.97 Å². The second-order valence-corrected chi connectivity index (χ2v) is 6.91. The van der Waals surface area contributed by atoms with E-state index in [0.717, 1.165) is 18.4 Å². The summed E-state index contributed by atoms with van der Waals surface area (Å²) in [5.41, 5.74) is -0.178. The Hall–Kier alpha value is -1.39. The van der Waals surface area contributed by atoms with E-state index in [2.05, 4.69) is 11.9 Å². The van der Waals surface area contributed by atoms with E-state index >= 15 is 0 Å². The third-order valence-electron chi connectivity index (χ3n) is 5.51. The van der Waals surface area contributed by atoms with Crippen LogP contribution in [0.2, 0.25) is 0 Å². The Kier molecular flexibility index (Phi) is 4.24. The molecule has 4 nitrogen and oxygen atoms in total. The number of aliphatic hydroxyl groups excluding tert-OH is 1. The molecule has 0 aromatic heterocycles. The number of benzene rings is 1. The molecule has 120 valence electrons. The van der Waals surface area contributed by atoms with E-state index in [9.17, 15) is 9.90 Å². The number of hydrogen-bond donors (Lipinski definition) is 1. The molecule has 0 spiro atoms. The maximum Gasteiger partial charge on any atom is 0.318 e. The van der Waals surface area contributed by atoms with E-state index < -0.39 is 5.41 Å².